The summed E-state index contributed by atoms with van der Waals surface area (Å²) in [4.78, 5) is 14.6. The number of halogens is 1. The van der Waals surface area contributed by atoms with Crippen LogP contribution in [-0.4, -0.2) is 35.8 Å². The third-order valence-electron chi connectivity index (χ3n) is 2.74. The summed E-state index contributed by atoms with van der Waals surface area (Å²) >= 11 is 1.34. The van der Waals surface area contributed by atoms with E-state index >= 15 is 0 Å². The van der Waals surface area contributed by atoms with Gasteiger partial charge in [-0.2, -0.15) is 4.31 Å². The highest BCUT2D eigenvalue weighted by molar-refractivity contribution is 7.89. The summed E-state index contributed by atoms with van der Waals surface area (Å²) in [5.74, 6) is -2.50. The highest BCUT2D eigenvalue weighted by Gasteiger charge is 2.24. The van der Waals surface area contributed by atoms with E-state index in [0.717, 1.165) is 22.5 Å². The number of rotatable bonds is 5. The third kappa shape index (κ3) is 3.26. The molecule has 1 N–H and O–H groups in total. The molecule has 112 valence electrons. The Morgan fingerprint density at radius 1 is 1.48 bits per heavy atom. The van der Waals surface area contributed by atoms with Crippen LogP contribution in [0.25, 0.3) is 0 Å². The summed E-state index contributed by atoms with van der Waals surface area (Å²) in [5, 5.41) is 10.6. The molecule has 21 heavy (non-hydrogen) atoms. The number of hydrogen-bond donors (Lipinski definition) is 1. The zero-order valence-corrected chi connectivity index (χ0v) is 12.5. The van der Waals surface area contributed by atoms with Gasteiger partial charge in [-0.25, -0.2) is 22.6 Å². The molecule has 0 amide bonds. The Morgan fingerprint density at radius 3 is 2.76 bits per heavy atom. The van der Waals surface area contributed by atoms with Crippen molar-refractivity contribution in [1.29, 1.82) is 0 Å². The van der Waals surface area contributed by atoms with Gasteiger partial charge < -0.3 is 5.11 Å². The van der Waals surface area contributed by atoms with Gasteiger partial charge in [0.1, 0.15) is 5.82 Å². The molecule has 0 aliphatic rings. The first-order valence-corrected chi connectivity index (χ1v) is 8.07. The van der Waals surface area contributed by atoms with E-state index in [1.54, 1.807) is 10.9 Å². The lowest BCUT2D eigenvalue weighted by Gasteiger charge is -2.16. The molecule has 1 aromatic heterocycles. The Morgan fingerprint density at radius 2 is 2.19 bits per heavy atom. The number of aromatic carboxylic acids is 1. The number of sulfonamides is 1. The molecule has 1 aromatic carbocycles. The van der Waals surface area contributed by atoms with E-state index in [9.17, 15) is 17.6 Å². The van der Waals surface area contributed by atoms with Crippen LogP contribution >= 0.6 is 11.3 Å². The molecule has 0 spiro atoms. The van der Waals surface area contributed by atoms with Crippen LogP contribution in [0.1, 0.15) is 16.1 Å². The number of carboxylic acids is 1. The molecule has 0 radical (unpaired) electrons. The van der Waals surface area contributed by atoms with Crippen molar-refractivity contribution in [2.75, 3.05) is 7.05 Å². The van der Waals surface area contributed by atoms with Gasteiger partial charge in [0.05, 0.1) is 28.2 Å². The largest absolute Gasteiger partial charge is 0.478 e. The summed E-state index contributed by atoms with van der Waals surface area (Å²) in [6.45, 7) is 0.0472. The van der Waals surface area contributed by atoms with Crippen LogP contribution in [0.2, 0.25) is 0 Å². The van der Waals surface area contributed by atoms with Crippen molar-refractivity contribution in [3.05, 3.63) is 46.2 Å². The third-order valence-corrected chi connectivity index (χ3v) is 5.18. The number of benzene rings is 1. The van der Waals surface area contributed by atoms with Crippen LogP contribution in [0, 0.1) is 5.82 Å². The Bertz CT molecular complexity index is 760. The average Bonchev–Trinajstić information content (AvgIpc) is 2.91. The average molecular weight is 330 g/mol. The fourth-order valence-corrected chi connectivity index (χ4v) is 3.36. The lowest BCUT2D eigenvalue weighted by Crippen LogP contribution is -2.27. The monoisotopic (exact) mass is 330 g/mol. The summed E-state index contributed by atoms with van der Waals surface area (Å²) in [5.41, 5.74) is 1.47. The molecule has 0 saturated heterocycles. The molecular formula is C12H11FN2O4S2. The van der Waals surface area contributed by atoms with Gasteiger partial charge >= 0.3 is 5.97 Å². The Hall–Kier alpha value is -1.84. The molecule has 1 heterocycles. The summed E-state index contributed by atoms with van der Waals surface area (Å²) in [6.07, 6.45) is 0. The van der Waals surface area contributed by atoms with Crippen LogP contribution in [0.3, 0.4) is 0 Å². The van der Waals surface area contributed by atoms with Gasteiger partial charge in [-0.1, -0.05) is 0 Å². The molecule has 0 saturated carbocycles. The molecule has 2 aromatic rings. The van der Waals surface area contributed by atoms with E-state index < -0.39 is 27.4 Å². The van der Waals surface area contributed by atoms with Gasteiger partial charge in [-0.05, 0) is 18.2 Å². The molecule has 0 bridgehead atoms. The predicted octanol–water partition coefficient (Wildman–Crippen LogP) is 1.80. The number of carboxylic acid groups (broad SMARTS) is 1. The fourth-order valence-electron chi connectivity index (χ4n) is 1.64. The number of nitrogens with zero attached hydrogens (tertiary/aromatic N) is 2. The maximum absolute atomic E-state index is 13.3. The lowest BCUT2D eigenvalue weighted by molar-refractivity contribution is 0.0691. The Labute approximate surface area is 124 Å². The van der Waals surface area contributed by atoms with Gasteiger partial charge in [-0.3, -0.25) is 0 Å². The molecule has 0 atom stereocenters. The standard InChI is InChI=1S/C12H11FN2O4S2/c1-15(5-8-6-20-7-14-8)21(18,19)9-2-3-11(13)10(4-9)12(16)17/h2-4,6-7H,5H2,1H3,(H,16,17). The van der Waals surface area contributed by atoms with Crippen LogP contribution in [0.5, 0.6) is 0 Å². The summed E-state index contributed by atoms with van der Waals surface area (Å²) < 4.78 is 39.0. The number of thiazole rings is 1. The van der Waals surface area contributed by atoms with E-state index in [1.807, 2.05) is 0 Å². The van der Waals surface area contributed by atoms with Crippen LogP contribution in [-0.2, 0) is 16.6 Å². The van der Waals surface area contributed by atoms with Crippen molar-refractivity contribution in [1.82, 2.24) is 9.29 Å². The van der Waals surface area contributed by atoms with Gasteiger partial charge in [0.25, 0.3) is 0 Å². The number of aromatic nitrogens is 1. The van der Waals surface area contributed by atoms with Crippen molar-refractivity contribution in [2.24, 2.45) is 0 Å². The molecule has 0 unspecified atom stereocenters. The first kappa shape index (κ1) is 15.5. The fraction of sp³-hybridized carbons (Fsp3) is 0.167. The SMILES string of the molecule is CN(Cc1cscn1)S(=O)(=O)c1ccc(F)c(C(=O)O)c1. The second-order valence-electron chi connectivity index (χ2n) is 4.19. The minimum Gasteiger partial charge on any atom is -0.478 e. The summed E-state index contributed by atoms with van der Waals surface area (Å²) in [7, 11) is -2.57. The molecule has 2 rings (SSSR count). The van der Waals surface area contributed by atoms with Crippen LogP contribution in [0.15, 0.2) is 34.0 Å². The van der Waals surface area contributed by atoms with Gasteiger partial charge in [-0.15, -0.1) is 11.3 Å². The quantitative estimate of drug-likeness (QED) is 0.903. The van der Waals surface area contributed by atoms with Crippen molar-refractivity contribution >= 4 is 27.3 Å². The second-order valence-corrected chi connectivity index (χ2v) is 6.95. The van der Waals surface area contributed by atoms with E-state index in [-0.39, 0.29) is 11.4 Å². The van der Waals surface area contributed by atoms with Crippen molar-refractivity contribution in [3.8, 4) is 0 Å². The molecule has 9 heteroatoms. The van der Waals surface area contributed by atoms with Crippen LogP contribution < -0.4 is 0 Å². The second kappa shape index (κ2) is 5.88. The Kier molecular flexibility index (Phi) is 4.35. The van der Waals surface area contributed by atoms with Crippen molar-refractivity contribution in [3.63, 3.8) is 0 Å². The highest BCUT2D eigenvalue weighted by atomic mass is 32.2. The topological polar surface area (TPSA) is 87.6 Å². The normalized spacial score (nSPS) is 11.8. The molecule has 0 fully saturated rings. The van der Waals surface area contributed by atoms with Crippen molar-refractivity contribution in [2.45, 2.75) is 11.4 Å². The molecule has 0 aliphatic heterocycles. The summed E-state index contributed by atoms with van der Waals surface area (Å²) in [6, 6.07) is 2.67. The Balaban J connectivity index is 2.35. The zero-order valence-electron chi connectivity index (χ0n) is 10.9. The van der Waals surface area contributed by atoms with E-state index in [4.69, 9.17) is 5.11 Å². The maximum Gasteiger partial charge on any atom is 0.338 e. The first-order valence-electron chi connectivity index (χ1n) is 5.68. The lowest BCUT2D eigenvalue weighted by atomic mass is 10.2. The number of carbonyl (C=O) groups is 1. The van der Waals surface area contributed by atoms with Gasteiger partial charge in [0.2, 0.25) is 10.0 Å². The smallest absolute Gasteiger partial charge is 0.338 e. The minimum atomic E-state index is -3.92. The first-order chi connectivity index (χ1) is 9.82. The van der Waals surface area contributed by atoms with E-state index in [2.05, 4.69) is 4.98 Å². The van der Waals surface area contributed by atoms with Gasteiger partial charge in [0.15, 0.2) is 0 Å². The minimum absolute atomic E-state index is 0.0472. The predicted molar refractivity (Wildman–Crippen MR) is 74.1 cm³/mol. The highest BCUT2D eigenvalue weighted by Crippen LogP contribution is 2.20. The van der Waals surface area contributed by atoms with E-state index in [1.165, 1.54) is 18.4 Å². The molecule has 0 aliphatic carbocycles. The zero-order chi connectivity index (χ0) is 15.6. The molecular weight excluding hydrogens is 319 g/mol. The van der Waals surface area contributed by atoms with Gasteiger partial charge in [0, 0.05) is 12.4 Å². The van der Waals surface area contributed by atoms with E-state index in [0.29, 0.717) is 5.69 Å². The molecule has 6 nitrogen and oxygen atoms in total. The van der Waals surface area contributed by atoms with Crippen LogP contribution in [0.4, 0.5) is 4.39 Å². The van der Waals surface area contributed by atoms with Crippen molar-refractivity contribution < 1.29 is 22.7 Å². The number of hydrogen-bond acceptors (Lipinski definition) is 5. The maximum atomic E-state index is 13.3.